The highest BCUT2D eigenvalue weighted by Crippen LogP contribution is 2.22. The number of halogens is 1. The zero-order chi connectivity index (χ0) is 15.1. The highest BCUT2D eigenvalue weighted by Gasteiger charge is 2.14. The summed E-state index contributed by atoms with van der Waals surface area (Å²) in [6, 6.07) is 14.9. The molecule has 2 rings (SSSR count). The number of rotatable bonds is 7. The van der Waals surface area contributed by atoms with Crippen LogP contribution < -0.4 is 5.32 Å². The summed E-state index contributed by atoms with van der Waals surface area (Å²) >= 11 is 0. The van der Waals surface area contributed by atoms with Gasteiger partial charge < -0.3 is 10.1 Å². The molecule has 2 aromatic carbocycles. The van der Waals surface area contributed by atoms with Crippen LogP contribution in [0.15, 0.2) is 48.5 Å². The summed E-state index contributed by atoms with van der Waals surface area (Å²) in [6.07, 6.45) is -0.0780. The fourth-order valence-corrected chi connectivity index (χ4v) is 2.29. The van der Waals surface area contributed by atoms with Gasteiger partial charge in [0.05, 0.1) is 12.7 Å². The minimum absolute atomic E-state index is 0.0780. The van der Waals surface area contributed by atoms with Crippen LogP contribution in [-0.4, -0.2) is 13.1 Å². The predicted molar refractivity (Wildman–Crippen MR) is 83.7 cm³/mol. The lowest BCUT2D eigenvalue weighted by atomic mass is 10.0. The third-order valence-electron chi connectivity index (χ3n) is 3.51. The Morgan fingerprint density at radius 1 is 1.10 bits per heavy atom. The van der Waals surface area contributed by atoms with Gasteiger partial charge in [0.15, 0.2) is 0 Å². The van der Waals surface area contributed by atoms with E-state index >= 15 is 0 Å². The largest absolute Gasteiger partial charge is 0.367 e. The van der Waals surface area contributed by atoms with Crippen molar-refractivity contribution in [1.82, 2.24) is 5.32 Å². The molecule has 0 amide bonds. The van der Waals surface area contributed by atoms with Crippen molar-refractivity contribution in [2.24, 2.45) is 0 Å². The Kier molecular flexibility index (Phi) is 5.90. The van der Waals surface area contributed by atoms with Crippen LogP contribution >= 0.6 is 0 Å². The Morgan fingerprint density at radius 2 is 1.81 bits per heavy atom. The second-order valence-corrected chi connectivity index (χ2v) is 5.06. The summed E-state index contributed by atoms with van der Waals surface area (Å²) in [5.41, 5.74) is 2.93. The lowest BCUT2D eigenvalue weighted by Crippen LogP contribution is -2.23. The Labute approximate surface area is 126 Å². The first kappa shape index (κ1) is 15.7. The van der Waals surface area contributed by atoms with Crippen molar-refractivity contribution in [3.63, 3.8) is 0 Å². The molecule has 0 aliphatic carbocycles. The van der Waals surface area contributed by atoms with Crippen molar-refractivity contribution in [3.05, 3.63) is 71.0 Å². The van der Waals surface area contributed by atoms with E-state index in [0.717, 1.165) is 18.7 Å². The smallest absolute Gasteiger partial charge is 0.128 e. The number of ether oxygens (including phenoxy) is 1. The molecule has 0 fully saturated rings. The molecule has 2 nitrogen and oxygen atoms in total. The van der Waals surface area contributed by atoms with E-state index in [1.807, 2.05) is 18.2 Å². The molecule has 0 aromatic heterocycles. The standard InChI is InChI=1S/C18H22FNO/c1-3-20-12-18(16-10-6-4-8-14(16)2)21-13-15-9-5-7-11-17(15)19/h4-11,18,20H,3,12-13H2,1-2H3. The molecule has 0 bridgehead atoms. The van der Waals surface area contributed by atoms with Crippen LogP contribution in [0.2, 0.25) is 0 Å². The van der Waals surface area contributed by atoms with Crippen molar-refractivity contribution in [2.75, 3.05) is 13.1 Å². The molecular weight excluding hydrogens is 265 g/mol. The average molecular weight is 287 g/mol. The second kappa shape index (κ2) is 7.91. The third kappa shape index (κ3) is 4.38. The summed E-state index contributed by atoms with van der Waals surface area (Å²) in [6.45, 7) is 6.00. The maximum atomic E-state index is 13.7. The Hall–Kier alpha value is -1.71. The molecule has 21 heavy (non-hydrogen) atoms. The number of benzene rings is 2. The fraction of sp³-hybridized carbons (Fsp3) is 0.333. The van der Waals surface area contributed by atoms with Crippen LogP contribution in [-0.2, 0) is 11.3 Å². The predicted octanol–water partition coefficient (Wildman–Crippen LogP) is 4.00. The van der Waals surface area contributed by atoms with Gasteiger partial charge in [-0.1, -0.05) is 49.4 Å². The summed E-state index contributed by atoms with van der Waals surface area (Å²) in [7, 11) is 0. The van der Waals surface area contributed by atoms with E-state index in [1.165, 1.54) is 11.6 Å². The van der Waals surface area contributed by atoms with Crippen LogP contribution in [0.3, 0.4) is 0 Å². The van der Waals surface area contributed by atoms with Gasteiger partial charge in [0.25, 0.3) is 0 Å². The van der Waals surface area contributed by atoms with Crippen LogP contribution in [0, 0.1) is 12.7 Å². The number of aryl methyl sites for hydroxylation is 1. The highest BCUT2D eigenvalue weighted by molar-refractivity contribution is 5.28. The first-order chi connectivity index (χ1) is 10.2. The molecule has 1 unspecified atom stereocenters. The maximum Gasteiger partial charge on any atom is 0.128 e. The van der Waals surface area contributed by atoms with Crippen molar-refractivity contribution in [3.8, 4) is 0 Å². The van der Waals surface area contributed by atoms with E-state index < -0.39 is 0 Å². The Bertz CT molecular complexity index is 571. The molecule has 0 saturated carbocycles. The summed E-state index contributed by atoms with van der Waals surface area (Å²) in [5, 5.41) is 3.31. The molecule has 1 atom stereocenters. The summed E-state index contributed by atoms with van der Waals surface area (Å²) < 4.78 is 19.7. The lowest BCUT2D eigenvalue weighted by molar-refractivity contribution is 0.0382. The first-order valence-electron chi connectivity index (χ1n) is 7.33. The topological polar surface area (TPSA) is 21.3 Å². The molecule has 0 aliphatic rings. The number of likely N-dealkylation sites (N-methyl/N-ethyl adjacent to an activating group) is 1. The Morgan fingerprint density at radius 3 is 2.52 bits per heavy atom. The summed E-state index contributed by atoms with van der Waals surface area (Å²) in [5.74, 6) is -0.218. The van der Waals surface area contributed by atoms with E-state index in [-0.39, 0.29) is 18.5 Å². The molecule has 0 aliphatic heterocycles. The first-order valence-corrected chi connectivity index (χ1v) is 7.33. The van der Waals surface area contributed by atoms with Gasteiger partial charge in [0, 0.05) is 12.1 Å². The summed E-state index contributed by atoms with van der Waals surface area (Å²) in [4.78, 5) is 0. The number of nitrogens with one attached hydrogen (secondary N) is 1. The van der Waals surface area contributed by atoms with Gasteiger partial charge in [0.2, 0.25) is 0 Å². The van der Waals surface area contributed by atoms with Gasteiger partial charge in [-0.2, -0.15) is 0 Å². The van der Waals surface area contributed by atoms with Gasteiger partial charge in [-0.05, 0) is 30.7 Å². The molecule has 0 spiro atoms. The van der Waals surface area contributed by atoms with Crippen LogP contribution in [0.1, 0.15) is 29.7 Å². The van der Waals surface area contributed by atoms with E-state index in [1.54, 1.807) is 12.1 Å². The van der Waals surface area contributed by atoms with Crippen molar-refractivity contribution in [1.29, 1.82) is 0 Å². The van der Waals surface area contributed by atoms with E-state index in [4.69, 9.17) is 4.74 Å². The molecule has 0 heterocycles. The van der Waals surface area contributed by atoms with Gasteiger partial charge in [-0.15, -0.1) is 0 Å². The molecule has 1 N–H and O–H groups in total. The molecule has 2 aromatic rings. The van der Waals surface area contributed by atoms with Crippen molar-refractivity contribution < 1.29 is 9.13 Å². The third-order valence-corrected chi connectivity index (χ3v) is 3.51. The minimum Gasteiger partial charge on any atom is -0.367 e. The van der Waals surface area contributed by atoms with Gasteiger partial charge in [0.1, 0.15) is 5.82 Å². The zero-order valence-electron chi connectivity index (χ0n) is 12.6. The van der Waals surface area contributed by atoms with E-state index in [9.17, 15) is 4.39 Å². The fourth-order valence-electron chi connectivity index (χ4n) is 2.29. The van der Waals surface area contributed by atoms with Crippen molar-refractivity contribution >= 4 is 0 Å². The van der Waals surface area contributed by atoms with Crippen molar-refractivity contribution in [2.45, 2.75) is 26.6 Å². The molecule has 0 radical (unpaired) electrons. The SMILES string of the molecule is CCNCC(OCc1ccccc1F)c1ccccc1C. The monoisotopic (exact) mass is 287 g/mol. The van der Waals surface area contributed by atoms with Gasteiger partial charge in [-0.25, -0.2) is 4.39 Å². The van der Waals surface area contributed by atoms with Gasteiger partial charge >= 0.3 is 0 Å². The number of hydrogen-bond donors (Lipinski definition) is 1. The van der Waals surface area contributed by atoms with Crippen LogP contribution in [0.4, 0.5) is 4.39 Å². The van der Waals surface area contributed by atoms with Crippen LogP contribution in [0.5, 0.6) is 0 Å². The van der Waals surface area contributed by atoms with E-state index in [2.05, 4.69) is 31.3 Å². The minimum atomic E-state index is -0.218. The molecule has 3 heteroatoms. The normalized spacial score (nSPS) is 12.3. The van der Waals surface area contributed by atoms with E-state index in [0.29, 0.717) is 5.56 Å². The van der Waals surface area contributed by atoms with Crippen LogP contribution in [0.25, 0.3) is 0 Å². The quantitative estimate of drug-likeness (QED) is 0.831. The average Bonchev–Trinajstić information content (AvgIpc) is 2.50. The maximum absolute atomic E-state index is 13.7. The molecule has 112 valence electrons. The lowest BCUT2D eigenvalue weighted by Gasteiger charge is -2.21. The number of hydrogen-bond acceptors (Lipinski definition) is 2. The molecule has 0 saturated heterocycles. The Balaban J connectivity index is 2.10. The van der Waals surface area contributed by atoms with Gasteiger partial charge in [-0.3, -0.25) is 0 Å². The zero-order valence-corrected chi connectivity index (χ0v) is 12.6. The highest BCUT2D eigenvalue weighted by atomic mass is 19.1. The second-order valence-electron chi connectivity index (χ2n) is 5.06. The molecular formula is C18H22FNO.